The van der Waals surface area contributed by atoms with Crippen LogP contribution in [0, 0.1) is 21.8 Å². The molecule has 4 nitrogen and oxygen atoms in total. The highest BCUT2D eigenvalue weighted by Crippen LogP contribution is 2.27. The molecule has 1 unspecified atom stereocenters. The first-order valence-corrected chi connectivity index (χ1v) is 6.27. The molecule has 5 heteroatoms. The van der Waals surface area contributed by atoms with Gasteiger partial charge in [0, 0.05) is 19.2 Å². The van der Waals surface area contributed by atoms with Crippen molar-refractivity contribution in [2.24, 2.45) is 5.92 Å². The number of rotatable bonds is 2. The van der Waals surface area contributed by atoms with Gasteiger partial charge < -0.3 is 4.90 Å². The number of halogens is 1. The molecule has 0 bridgehead atoms. The summed E-state index contributed by atoms with van der Waals surface area (Å²) < 4.78 is 13.9. The van der Waals surface area contributed by atoms with E-state index in [0.717, 1.165) is 38.4 Å². The summed E-state index contributed by atoms with van der Waals surface area (Å²) in [5, 5.41) is 10.6. The Labute approximate surface area is 106 Å². The van der Waals surface area contributed by atoms with Gasteiger partial charge in [0.2, 0.25) is 0 Å². The van der Waals surface area contributed by atoms with Crippen LogP contribution >= 0.6 is 0 Å². The second-order valence-corrected chi connectivity index (χ2v) is 4.92. The largest absolute Gasteiger partial charge is 0.369 e. The number of benzene rings is 1. The van der Waals surface area contributed by atoms with E-state index in [2.05, 4.69) is 6.92 Å². The lowest BCUT2D eigenvalue weighted by Crippen LogP contribution is -2.25. The van der Waals surface area contributed by atoms with Gasteiger partial charge in [-0.2, -0.15) is 0 Å². The summed E-state index contributed by atoms with van der Waals surface area (Å²) in [6.45, 7) is 3.84. The number of nitro groups is 1. The minimum Gasteiger partial charge on any atom is -0.369 e. The maximum Gasteiger partial charge on any atom is 0.272 e. The van der Waals surface area contributed by atoms with Crippen molar-refractivity contribution in [1.82, 2.24) is 0 Å². The van der Waals surface area contributed by atoms with Gasteiger partial charge in [0.1, 0.15) is 0 Å². The highest BCUT2D eigenvalue weighted by atomic mass is 19.1. The van der Waals surface area contributed by atoms with Gasteiger partial charge in [-0.3, -0.25) is 10.1 Å². The van der Waals surface area contributed by atoms with Crippen molar-refractivity contribution in [1.29, 1.82) is 0 Å². The highest BCUT2D eigenvalue weighted by Gasteiger charge is 2.18. The molecule has 1 heterocycles. The molecule has 1 saturated heterocycles. The Morgan fingerprint density at radius 3 is 2.83 bits per heavy atom. The van der Waals surface area contributed by atoms with Crippen LogP contribution < -0.4 is 4.90 Å². The van der Waals surface area contributed by atoms with E-state index in [1.54, 1.807) is 0 Å². The van der Waals surface area contributed by atoms with E-state index < -0.39 is 10.7 Å². The zero-order chi connectivity index (χ0) is 13.1. The maximum absolute atomic E-state index is 13.9. The summed E-state index contributed by atoms with van der Waals surface area (Å²) in [6, 6.07) is 3.89. The molecule has 1 aromatic rings. The fourth-order valence-corrected chi connectivity index (χ4v) is 2.37. The lowest BCUT2D eigenvalue weighted by atomic mass is 10.0. The Bertz CT molecular complexity index is 451. The summed E-state index contributed by atoms with van der Waals surface area (Å²) in [5.41, 5.74) is 0.286. The molecule has 1 atom stereocenters. The SMILES string of the molecule is CC1CCCN(c2ccc([N+](=O)[O-])cc2F)CC1. The van der Waals surface area contributed by atoms with E-state index in [0.29, 0.717) is 11.6 Å². The highest BCUT2D eigenvalue weighted by molar-refractivity contribution is 5.52. The topological polar surface area (TPSA) is 46.4 Å². The van der Waals surface area contributed by atoms with Crippen LogP contribution in [-0.4, -0.2) is 18.0 Å². The van der Waals surface area contributed by atoms with E-state index in [1.807, 2.05) is 4.90 Å². The number of nitro benzene ring substituents is 1. The summed E-state index contributed by atoms with van der Waals surface area (Å²) in [7, 11) is 0. The number of hydrogen-bond donors (Lipinski definition) is 0. The first-order chi connectivity index (χ1) is 8.58. The summed E-state index contributed by atoms with van der Waals surface area (Å²) >= 11 is 0. The number of nitrogens with zero attached hydrogens (tertiary/aromatic N) is 2. The van der Waals surface area contributed by atoms with E-state index in [4.69, 9.17) is 0 Å². The zero-order valence-electron chi connectivity index (χ0n) is 10.4. The van der Waals surface area contributed by atoms with E-state index in [9.17, 15) is 14.5 Å². The van der Waals surface area contributed by atoms with Crippen molar-refractivity contribution in [3.8, 4) is 0 Å². The Hall–Kier alpha value is -1.65. The molecule has 0 aliphatic carbocycles. The Morgan fingerprint density at radius 2 is 2.17 bits per heavy atom. The molecule has 1 aliphatic rings. The molecule has 1 fully saturated rings. The first kappa shape index (κ1) is 12.8. The smallest absolute Gasteiger partial charge is 0.272 e. The van der Waals surface area contributed by atoms with Gasteiger partial charge in [-0.25, -0.2) is 4.39 Å². The van der Waals surface area contributed by atoms with Gasteiger partial charge in [0.15, 0.2) is 5.82 Å². The van der Waals surface area contributed by atoms with Crippen LogP contribution in [0.1, 0.15) is 26.2 Å². The number of anilines is 1. The fraction of sp³-hybridized carbons (Fsp3) is 0.538. The maximum atomic E-state index is 13.9. The lowest BCUT2D eigenvalue weighted by molar-refractivity contribution is -0.385. The summed E-state index contributed by atoms with van der Waals surface area (Å²) in [4.78, 5) is 12.0. The predicted molar refractivity (Wildman–Crippen MR) is 68.3 cm³/mol. The molecule has 0 amide bonds. The minimum atomic E-state index is -0.572. The van der Waals surface area contributed by atoms with Crippen LogP contribution in [0.5, 0.6) is 0 Å². The Kier molecular flexibility index (Phi) is 3.79. The molecule has 0 saturated carbocycles. The van der Waals surface area contributed by atoms with E-state index >= 15 is 0 Å². The monoisotopic (exact) mass is 252 g/mol. The molecule has 0 N–H and O–H groups in total. The van der Waals surface area contributed by atoms with Gasteiger partial charge >= 0.3 is 0 Å². The molecule has 0 aromatic heterocycles. The van der Waals surface area contributed by atoms with E-state index in [1.165, 1.54) is 12.1 Å². The average molecular weight is 252 g/mol. The van der Waals surface area contributed by atoms with Crippen LogP contribution in [0.2, 0.25) is 0 Å². The molecule has 0 spiro atoms. The third kappa shape index (κ3) is 2.78. The second kappa shape index (κ2) is 5.33. The van der Waals surface area contributed by atoms with Gasteiger partial charge in [0.05, 0.1) is 16.7 Å². The van der Waals surface area contributed by atoms with Crippen LogP contribution in [0.4, 0.5) is 15.8 Å². The van der Waals surface area contributed by atoms with Gasteiger partial charge in [-0.15, -0.1) is 0 Å². The molecule has 98 valence electrons. The molecule has 0 radical (unpaired) electrons. The third-order valence-corrected chi connectivity index (χ3v) is 3.50. The van der Waals surface area contributed by atoms with Gasteiger partial charge in [-0.05, 0) is 31.2 Å². The third-order valence-electron chi connectivity index (χ3n) is 3.50. The molecule has 1 aliphatic heterocycles. The van der Waals surface area contributed by atoms with Gasteiger partial charge in [-0.1, -0.05) is 6.92 Å². The fourth-order valence-electron chi connectivity index (χ4n) is 2.37. The molecule has 2 rings (SSSR count). The van der Waals surface area contributed by atoms with Crippen molar-refractivity contribution in [2.75, 3.05) is 18.0 Å². The normalized spacial score (nSPS) is 20.6. The second-order valence-electron chi connectivity index (χ2n) is 4.92. The van der Waals surface area contributed by atoms with Crippen LogP contribution in [-0.2, 0) is 0 Å². The summed E-state index contributed by atoms with van der Waals surface area (Å²) in [6.07, 6.45) is 3.24. The molecular formula is C13H17FN2O2. The summed E-state index contributed by atoms with van der Waals surface area (Å²) in [5.74, 6) is 0.162. The standard InChI is InChI=1S/C13H17FN2O2/c1-10-3-2-7-15(8-6-10)13-5-4-11(16(17)18)9-12(13)14/h4-5,9-10H,2-3,6-8H2,1H3. The van der Waals surface area contributed by atoms with E-state index in [-0.39, 0.29) is 5.69 Å². The van der Waals surface area contributed by atoms with Crippen molar-refractivity contribution in [3.05, 3.63) is 34.1 Å². The minimum absolute atomic E-state index is 0.195. The van der Waals surface area contributed by atoms with Crippen molar-refractivity contribution in [3.63, 3.8) is 0 Å². The lowest BCUT2D eigenvalue weighted by Gasteiger charge is -2.23. The van der Waals surface area contributed by atoms with Crippen molar-refractivity contribution in [2.45, 2.75) is 26.2 Å². The molecule has 18 heavy (non-hydrogen) atoms. The first-order valence-electron chi connectivity index (χ1n) is 6.27. The quantitative estimate of drug-likeness (QED) is 0.599. The van der Waals surface area contributed by atoms with Crippen LogP contribution in [0.25, 0.3) is 0 Å². The van der Waals surface area contributed by atoms with Gasteiger partial charge in [0.25, 0.3) is 5.69 Å². The average Bonchev–Trinajstić information content (AvgIpc) is 2.54. The Balaban J connectivity index is 2.20. The van der Waals surface area contributed by atoms with Crippen LogP contribution in [0.15, 0.2) is 18.2 Å². The predicted octanol–water partition coefficient (Wildman–Crippen LogP) is 3.36. The molecular weight excluding hydrogens is 235 g/mol. The van der Waals surface area contributed by atoms with Crippen LogP contribution in [0.3, 0.4) is 0 Å². The Morgan fingerprint density at radius 1 is 1.39 bits per heavy atom. The van der Waals surface area contributed by atoms with Crippen molar-refractivity contribution >= 4 is 11.4 Å². The number of non-ortho nitro benzene ring substituents is 1. The van der Waals surface area contributed by atoms with Crippen molar-refractivity contribution < 1.29 is 9.31 Å². The molecule has 1 aromatic carbocycles. The number of hydrogen-bond acceptors (Lipinski definition) is 3. The zero-order valence-corrected chi connectivity index (χ0v) is 10.4.